The van der Waals surface area contributed by atoms with Crippen LogP contribution in [0.4, 0.5) is 0 Å². The molecule has 0 atom stereocenters. The molecule has 2 heteroatoms. The molecule has 2 aromatic rings. The average molecular weight is 268 g/mol. The monoisotopic (exact) mass is 268 g/mol. The Labute approximate surface area is 120 Å². The highest BCUT2D eigenvalue weighted by molar-refractivity contribution is 5.69. The fourth-order valence-corrected chi connectivity index (χ4v) is 2.42. The van der Waals surface area contributed by atoms with E-state index in [0.717, 1.165) is 11.1 Å². The molecule has 0 saturated carbocycles. The van der Waals surface area contributed by atoms with Crippen LogP contribution >= 0.6 is 0 Å². The van der Waals surface area contributed by atoms with Crippen LogP contribution in [0.2, 0.25) is 0 Å². The van der Waals surface area contributed by atoms with E-state index in [2.05, 4.69) is 37.3 Å². The third kappa shape index (κ3) is 3.27. The van der Waals surface area contributed by atoms with Gasteiger partial charge in [0.05, 0.1) is 6.42 Å². The lowest BCUT2D eigenvalue weighted by Crippen LogP contribution is -2.21. The van der Waals surface area contributed by atoms with Crippen molar-refractivity contribution in [2.45, 2.75) is 32.6 Å². The van der Waals surface area contributed by atoms with Gasteiger partial charge in [-0.05, 0) is 23.6 Å². The summed E-state index contributed by atoms with van der Waals surface area (Å²) in [6.45, 7) is 6.00. The first-order valence-corrected chi connectivity index (χ1v) is 6.78. The molecule has 0 saturated heterocycles. The predicted octanol–water partition coefficient (Wildman–Crippen LogP) is 4.41. The van der Waals surface area contributed by atoms with Gasteiger partial charge in [-0.1, -0.05) is 67.9 Å². The highest BCUT2D eigenvalue weighted by Gasteiger charge is 2.23. The number of rotatable bonds is 4. The number of benzene rings is 2. The summed E-state index contributed by atoms with van der Waals surface area (Å²) in [4.78, 5) is 10.9. The van der Waals surface area contributed by atoms with Gasteiger partial charge in [0.1, 0.15) is 0 Å². The molecule has 0 amide bonds. The molecule has 0 aliphatic rings. The lowest BCUT2D eigenvalue weighted by Gasteiger charge is -2.23. The van der Waals surface area contributed by atoms with Crippen LogP contribution < -0.4 is 0 Å². The van der Waals surface area contributed by atoms with E-state index in [1.54, 1.807) is 0 Å². The molecule has 0 aliphatic carbocycles. The molecule has 2 aromatic carbocycles. The second-order valence-electron chi connectivity index (χ2n) is 5.90. The molecule has 0 heterocycles. The minimum Gasteiger partial charge on any atom is -0.481 e. The largest absolute Gasteiger partial charge is 0.481 e. The minimum absolute atomic E-state index is 0.136. The maximum atomic E-state index is 10.9. The minimum atomic E-state index is -0.766. The van der Waals surface area contributed by atoms with Gasteiger partial charge in [-0.15, -0.1) is 0 Å². The van der Waals surface area contributed by atoms with Crippen molar-refractivity contribution in [3.8, 4) is 11.1 Å². The van der Waals surface area contributed by atoms with Gasteiger partial charge in [0.15, 0.2) is 0 Å². The van der Waals surface area contributed by atoms with Crippen molar-refractivity contribution in [1.82, 2.24) is 0 Å². The van der Waals surface area contributed by atoms with Crippen molar-refractivity contribution in [1.29, 1.82) is 0 Å². The fourth-order valence-electron chi connectivity index (χ4n) is 2.42. The van der Waals surface area contributed by atoms with Gasteiger partial charge in [0.2, 0.25) is 0 Å². The molecule has 0 unspecified atom stereocenters. The highest BCUT2D eigenvalue weighted by Crippen LogP contribution is 2.29. The highest BCUT2D eigenvalue weighted by atomic mass is 16.4. The van der Waals surface area contributed by atoms with Crippen molar-refractivity contribution in [2.75, 3.05) is 0 Å². The van der Waals surface area contributed by atoms with Crippen LogP contribution in [0.3, 0.4) is 0 Å². The summed E-state index contributed by atoms with van der Waals surface area (Å²) in [5, 5.41) is 8.97. The van der Waals surface area contributed by atoms with Crippen LogP contribution in [0.5, 0.6) is 0 Å². The van der Waals surface area contributed by atoms with E-state index in [0.29, 0.717) is 0 Å². The zero-order valence-electron chi connectivity index (χ0n) is 12.2. The van der Waals surface area contributed by atoms with E-state index in [1.165, 1.54) is 11.1 Å². The molecule has 0 radical (unpaired) electrons. The molecule has 0 fully saturated rings. The number of carboxylic acids is 1. The van der Waals surface area contributed by atoms with Gasteiger partial charge >= 0.3 is 5.97 Å². The van der Waals surface area contributed by atoms with Gasteiger partial charge < -0.3 is 5.11 Å². The molecule has 0 aliphatic heterocycles. The van der Waals surface area contributed by atoms with Gasteiger partial charge in [0, 0.05) is 5.41 Å². The second-order valence-corrected chi connectivity index (χ2v) is 5.90. The normalized spacial score (nSPS) is 11.3. The summed E-state index contributed by atoms with van der Waals surface area (Å²) in [6, 6.07) is 16.5. The Kier molecular flexibility index (Phi) is 3.93. The Morgan fingerprint density at radius 3 is 2.25 bits per heavy atom. The van der Waals surface area contributed by atoms with Crippen molar-refractivity contribution in [3.63, 3.8) is 0 Å². The van der Waals surface area contributed by atoms with Crippen LogP contribution in [0.1, 0.15) is 31.4 Å². The summed E-state index contributed by atoms with van der Waals surface area (Å²) in [5.74, 6) is -0.766. The van der Waals surface area contributed by atoms with Crippen LogP contribution in [-0.4, -0.2) is 11.1 Å². The number of hydrogen-bond donors (Lipinski definition) is 1. The molecule has 0 bridgehead atoms. The average Bonchev–Trinajstić information content (AvgIpc) is 2.37. The van der Waals surface area contributed by atoms with Crippen molar-refractivity contribution < 1.29 is 9.90 Å². The first kappa shape index (κ1) is 14.3. The maximum Gasteiger partial charge on any atom is 0.304 e. The third-order valence-electron chi connectivity index (χ3n) is 3.61. The molecular weight excluding hydrogens is 248 g/mol. The zero-order chi connectivity index (χ0) is 14.8. The number of aryl methyl sites for hydroxylation is 1. The van der Waals surface area contributed by atoms with Crippen LogP contribution in [-0.2, 0) is 10.2 Å². The Balaban J connectivity index is 2.28. The lowest BCUT2D eigenvalue weighted by atomic mass is 9.81. The Hall–Kier alpha value is -2.09. The topological polar surface area (TPSA) is 37.3 Å². The maximum absolute atomic E-state index is 10.9. The van der Waals surface area contributed by atoms with Gasteiger partial charge in [0.25, 0.3) is 0 Å². The molecule has 0 aromatic heterocycles. The third-order valence-corrected chi connectivity index (χ3v) is 3.61. The zero-order valence-corrected chi connectivity index (χ0v) is 12.2. The molecule has 20 heavy (non-hydrogen) atoms. The van der Waals surface area contributed by atoms with Crippen molar-refractivity contribution in [2.24, 2.45) is 0 Å². The van der Waals surface area contributed by atoms with Gasteiger partial charge in [-0.2, -0.15) is 0 Å². The summed E-state index contributed by atoms with van der Waals surface area (Å²) < 4.78 is 0. The van der Waals surface area contributed by atoms with Gasteiger partial charge in [-0.25, -0.2) is 0 Å². The molecule has 2 nitrogen and oxygen atoms in total. The second kappa shape index (κ2) is 5.49. The lowest BCUT2D eigenvalue weighted by molar-refractivity contribution is -0.138. The van der Waals surface area contributed by atoms with E-state index < -0.39 is 5.97 Å². The Morgan fingerprint density at radius 1 is 1.05 bits per heavy atom. The number of hydrogen-bond acceptors (Lipinski definition) is 1. The van der Waals surface area contributed by atoms with Crippen molar-refractivity contribution in [3.05, 3.63) is 59.7 Å². The van der Waals surface area contributed by atoms with Crippen molar-refractivity contribution >= 4 is 5.97 Å². The summed E-state index contributed by atoms with van der Waals surface area (Å²) in [5.41, 5.74) is 4.28. The summed E-state index contributed by atoms with van der Waals surface area (Å²) in [7, 11) is 0. The number of carbonyl (C=O) groups is 1. The Morgan fingerprint density at radius 2 is 1.70 bits per heavy atom. The van der Waals surface area contributed by atoms with E-state index in [1.807, 2.05) is 32.0 Å². The SMILES string of the molecule is Cc1cccc(-c2ccc(C(C)(C)CC(=O)O)cc2)c1. The van der Waals surface area contributed by atoms with E-state index in [4.69, 9.17) is 5.11 Å². The van der Waals surface area contributed by atoms with Gasteiger partial charge in [-0.3, -0.25) is 4.79 Å². The van der Waals surface area contributed by atoms with Crippen LogP contribution in [0.15, 0.2) is 48.5 Å². The molecule has 1 N–H and O–H groups in total. The predicted molar refractivity (Wildman–Crippen MR) is 81.9 cm³/mol. The quantitative estimate of drug-likeness (QED) is 0.891. The van der Waals surface area contributed by atoms with E-state index in [9.17, 15) is 4.79 Å². The molecule has 0 spiro atoms. The number of carboxylic acid groups (broad SMARTS) is 1. The van der Waals surface area contributed by atoms with E-state index in [-0.39, 0.29) is 11.8 Å². The first-order valence-electron chi connectivity index (χ1n) is 6.78. The number of aliphatic carboxylic acids is 1. The first-order chi connectivity index (χ1) is 9.38. The standard InChI is InChI=1S/C18H20O2/c1-13-5-4-6-15(11-13)14-7-9-16(10-8-14)18(2,3)12-17(19)20/h4-11H,12H2,1-3H3,(H,19,20). The van der Waals surface area contributed by atoms with Crippen LogP contribution in [0.25, 0.3) is 11.1 Å². The molecular formula is C18H20O2. The smallest absolute Gasteiger partial charge is 0.304 e. The Bertz CT molecular complexity index is 610. The summed E-state index contributed by atoms with van der Waals surface area (Å²) >= 11 is 0. The summed E-state index contributed by atoms with van der Waals surface area (Å²) in [6.07, 6.45) is 0.136. The van der Waals surface area contributed by atoms with Crippen LogP contribution in [0, 0.1) is 6.92 Å². The van der Waals surface area contributed by atoms with E-state index >= 15 is 0 Å². The fraction of sp³-hybridized carbons (Fsp3) is 0.278. The molecule has 104 valence electrons. The molecule has 2 rings (SSSR count).